The quantitative estimate of drug-likeness (QED) is 0.407. The molecule has 7 heteroatoms. The number of carbonyl (C=O) groups is 2. The standard InChI is InChI=1S/C28H43NO5S/c1-8-21-12-10-9-11-17(2)26(32)19(4)27(33)28(6,7)24(30)15-25(31)34-23(14-21)18(3)13-22-16-35-20(5)29-22/h12-13,16-17,19,23-24,26,30,32H,8-11,14-15H2,1-7H3/b18-13+,21-12+/t17-,19+,23-,24-,26-/m0/s1. The van der Waals surface area contributed by atoms with Crippen LogP contribution in [0.5, 0.6) is 0 Å². The van der Waals surface area contributed by atoms with Crippen molar-refractivity contribution in [1.29, 1.82) is 0 Å². The molecule has 35 heavy (non-hydrogen) atoms. The van der Waals surface area contributed by atoms with Crippen molar-refractivity contribution in [2.24, 2.45) is 17.3 Å². The maximum atomic E-state index is 13.2. The van der Waals surface area contributed by atoms with Crippen LogP contribution in [0.3, 0.4) is 0 Å². The first-order chi connectivity index (χ1) is 16.4. The van der Waals surface area contributed by atoms with E-state index in [0.717, 1.165) is 42.0 Å². The van der Waals surface area contributed by atoms with Crippen LogP contribution in [0.4, 0.5) is 0 Å². The van der Waals surface area contributed by atoms with E-state index in [1.807, 2.05) is 32.2 Å². The number of esters is 1. The Balaban J connectivity index is 2.37. The molecule has 0 radical (unpaired) electrons. The van der Waals surface area contributed by atoms with Crippen molar-refractivity contribution in [2.45, 2.75) is 105 Å². The van der Waals surface area contributed by atoms with Gasteiger partial charge in [-0.15, -0.1) is 11.3 Å². The number of hydrogen-bond donors (Lipinski definition) is 2. The zero-order chi connectivity index (χ0) is 26.3. The lowest BCUT2D eigenvalue weighted by Gasteiger charge is -2.34. The van der Waals surface area contributed by atoms with Crippen molar-refractivity contribution in [3.05, 3.63) is 33.3 Å². The molecule has 1 aliphatic heterocycles. The summed E-state index contributed by atoms with van der Waals surface area (Å²) in [6, 6.07) is 0. The molecular weight excluding hydrogens is 462 g/mol. The first-order valence-electron chi connectivity index (χ1n) is 12.7. The van der Waals surface area contributed by atoms with Gasteiger partial charge in [-0.25, -0.2) is 4.98 Å². The van der Waals surface area contributed by atoms with Crippen molar-refractivity contribution >= 4 is 29.2 Å². The normalized spacial score (nSPS) is 31.5. The number of allylic oxidation sites excluding steroid dienone is 1. The van der Waals surface area contributed by atoms with Gasteiger partial charge in [0.15, 0.2) is 0 Å². The molecule has 1 aromatic rings. The van der Waals surface area contributed by atoms with Crippen molar-refractivity contribution in [3.63, 3.8) is 0 Å². The van der Waals surface area contributed by atoms with Gasteiger partial charge in [-0.2, -0.15) is 0 Å². The molecule has 0 amide bonds. The molecule has 2 rings (SSSR count). The monoisotopic (exact) mass is 505 g/mol. The Bertz CT molecular complexity index is 932. The maximum absolute atomic E-state index is 13.2. The molecule has 0 aliphatic carbocycles. The summed E-state index contributed by atoms with van der Waals surface area (Å²) in [7, 11) is 0. The molecular formula is C28H43NO5S. The van der Waals surface area contributed by atoms with E-state index in [1.54, 1.807) is 32.1 Å². The highest BCUT2D eigenvalue weighted by molar-refractivity contribution is 7.09. The molecule has 1 aromatic heterocycles. The lowest BCUT2D eigenvalue weighted by Crippen LogP contribution is -2.45. The van der Waals surface area contributed by atoms with Crippen LogP contribution in [-0.4, -0.2) is 45.3 Å². The van der Waals surface area contributed by atoms with Gasteiger partial charge in [0.05, 0.1) is 34.7 Å². The molecule has 0 saturated carbocycles. The van der Waals surface area contributed by atoms with E-state index in [0.29, 0.717) is 6.42 Å². The summed E-state index contributed by atoms with van der Waals surface area (Å²) in [5, 5.41) is 24.6. The average Bonchev–Trinajstić information content (AvgIpc) is 3.21. The Hall–Kier alpha value is -1.83. The predicted molar refractivity (Wildman–Crippen MR) is 141 cm³/mol. The number of aromatic nitrogens is 1. The van der Waals surface area contributed by atoms with Crippen LogP contribution in [0.2, 0.25) is 0 Å². The number of nitrogens with zero attached hydrogens (tertiary/aromatic N) is 1. The minimum absolute atomic E-state index is 0.0438. The van der Waals surface area contributed by atoms with Gasteiger partial charge in [-0.3, -0.25) is 9.59 Å². The number of aliphatic hydroxyl groups excluding tert-OH is 2. The Morgan fingerprint density at radius 1 is 1.26 bits per heavy atom. The molecule has 6 nitrogen and oxygen atoms in total. The second-order valence-electron chi connectivity index (χ2n) is 10.6. The molecule has 1 aliphatic rings. The van der Waals surface area contributed by atoms with E-state index >= 15 is 0 Å². The third-order valence-electron chi connectivity index (χ3n) is 7.33. The van der Waals surface area contributed by atoms with Crippen LogP contribution in [0, 0.1) is 24.2 Å². The van der Waals surface area contributed by atoms with Gasteiger partial charge < -0.3 is 14.9 Å². The highest BCUT2D eigenvalue weighted by atomic mass is 32.1. The van der Waals surface area contributed by atoms with Gasteiger partial charge in [0, 0.05) is 17.7 Å². The van der Waals surface area contributed by atoms with E-state index in [4.69, 9.17) is 4.74 Å². The van der Waals surface area contributed by atoms with Crippen LogP contribution in [0.15, 0.2) is 22.6 Å². The summed E-state index contributed by atoms with van der Waals surface area (Å²) >= 11 is 1.57. The number of ketones is 1. The van der Waals surface area contributed by atoms with Crippen LogP contribution in [0.25, 0.3) is 6.08 Å². The molecule has 5 atom stereocenters. The van der Waals surface area contributed by atoms with Gasteiger partial charge in [-0.05, 0) is 57.1 Å². The SMILES string of the molecule is CC/C1=C\CCC[C@H](C)[C@H](O)[C@@H](C)C(=O)C(C)(C)[C@@H](O)CC(=O)O[C@H](/C(C)=C/c2csc(C)n2)C1. The van der Waals surface area contributed by atoms with Gasteiger partial charge in [-0.1, -0.05) is 46.3 Å². The number of rotatable bonds is 3. The van der Waals surface area contributed by atoms with E-state index in [2.05, 4.69) is 18.0 Å². The van der Waals surface area contributed by atoms with Crippen LogP contribution in [-0.2, 0) is 14.3 Å². The molecule has 0 bridgehead atoms. The lowest BCUT2D eigenvalue weighted by molar-refractivity contribution is -0.154. The third kappa shape index (κ3) is 8.09. The number of hydrogen-bond acceptors (Lipinski definition) is 7. The van der Waals surface area contributed by atoms with Crippen molar-refractivity contribution < 1.29 is 24.5 Å². The molecule has 0 unspecified atom stereocenters. The summed E-state index contributed by atoms with van der Waals surface area (Å²) in [5.74, 6) is -1.48. The van der Waals surface area contributed by atoms with Gasteiger partial charge in [0.25, 0.3) is 0 Å². The van der Waals surface area contributed by atoms with Crippen LogP contribution in [0.1, 0.15) is 90.8 Å². The minimum atomic E-state index is -1.22. The largest absolute Gasteiger partial charge is 0.457 e. The summed E-state index contributed by atoms with van der Waals surface area (Å²) in [4.78, 5) is 30.6. The fourth-order valence-electron chi connectivity index (χ4n) is 4.61. The summed E-state index contributed by atoms with van der Waals surface area (Å²) in [6.07, 6.45) is 5.35. The van der Waals surface area contributed by atoms with Crippen molar-refractivity contribution in [3.8, 4) is 0 Å². The van der Waals surface area contributed by atoms with E-state index in [1.165, 1.54) is 5.57 Å². The second kappa shape index (κ2) is 12.9. The first-order valence-corrected chi connectivity index (χ1v) is 13.6. The molecule has 2 heterocycles. The van der Waals surface area contributed by atoms with E-state index in [-0.39, 0.29) is 18.1 Å². The highest BCUT2D eigenvalue weighted by Crippen LogP contribution is 2.32. The zero-order valence-corrected chi connectivity index (χ0v) is 23.2. The molecule has 0 fully saturated rings. The van der Waals surface area contributed by atoms with Crippen molar-refractivity contribution in [2.75, 3.05) is 0 Å². The Morgan fingerprint density at radius 3 is 2.54 bits per heavy atom. The number of thiazole rings is 1. The van der Waals surface area contributed by atoms with Gasteiger partial charge in [0.1, 0.15) is 11.9 Å². The Kier molecular flexibility index (Phi) is 10.9. The fourth-order valence-corrected chi connectivity index (χ4v) is 5.18. The zero-order valence-electron chi connectivity index (χ0n) is 22.3. The first kappa shape index (κ1) is 29.4. The predicted octanol–water partition coefficient (Wildman–Crippen LogP) is 5.66. The molecule has 196 valence electrons. The molecule has 0 saturated heterocycles. The number of Topliss-reactive ketones (excluding diaryl/α,β-unsaturated/α-hetero) is 1. The molecule has 0 aromatic carbocycles. The highest BCUT2D eigenvalue weighted by Gasteiger charge is 2.42. The average molecular weight is 506 g/mol. The van der Waals surface area contributed by atoms with E-state index in [9.17, 15) is 19.8 Å². The van der Waals surface area contributed by atoms with Crippen molar-refractivity contribution in [1.82, 2.24) is 4.98 Å². The fraction of sp³-hybridized carbons (Fsp3) is 0.679. The number of aryl methyl sites for hydroxylation is 1. The summed E-state index contributed by atoms with van der Waals surface area (Å²) in [5.41, 5.74) is 1.74. The second-order valence-corrected chi connectivity index (χ2v) is 11.6. The summed E-state index contributed by atoms with van der Waals surface area (Å²) < 4.78 is 5.90. The molecule has 0 spiro atoms. The third-order valence-corrected chi connectivity index (χ3v) is 8.12. The Morgan fingerprint density at radius 2 is 1.94 bits per heavy atom. The minimum Gasteiger partial charge on any atom is -0.457 e. The number of cyclic esters (lactones) is 1. The maximum Gasteiger partial charge on any atom is 0.309 e. The van der Waals surface area contributed by atoms with E-state index < -0.39 is 35.6 Å². The van der Waals surface area contributed by atoms with Crippen LogP contribution < -0.4 is 0 Å². The number of aliphatic hydroxyl groups is 2. The Labute approximate surface area is 214 Å². The molecule has 2 N–H and O–H groups in total. The smallest absolute Gasteiger partial charge is 0.309 e. The number of carbonyl (C=O) groups excluding carboxylic acids is 2. The van der Waals surface area contributed by atoms with Gasteiger partial charge >= 0.3 is 5.97 Å². The summed E-state index contributed by atoms with van der Waals surface area (Å²) in [6.45, 7) is 12.9. The lowest BCUT2D eigenvalue weighted by atomic mass is 9.73. The van der Waals surface area contributed by atoms with Gasteiger partial charge in [0.2, 0.25) is 0 Å². The topological polar surface area (TPSA) is 96.7 Å². The number of ether oxygens (including phenoxy) is 1. The van der Waals surface area contributed by atoms with Crippen LogP contribution >= 0.6 is 11.3 Å².